The zero-order chi connectivity index (χ0) is 14.5. The predicted octanol–water partition coefficient (Wildman–Crippen LogP) is 3.66. The molecule has 0 aliphatic rings. The lowest BCUT2D eigenvalue weighted by atomic mass is 9.86. The largest absolute Gasteiger partial charge is 0.460 e. The maximum Gasteiger partial charge on any atom is 0.307 e. The van der Waals surface area contributed by atoms with E-state index in [0.717, 1.165) is 5.56 Å². The molecule has 0 fully saturated rings. The summed E-state index contributed by atoms with van der Waals surface area (Å²) < 4.78 is 5.27. The molecule has 3 heteroatoms. The Hall–Kier alpha value is -1.82. The van der Waals surface area contributed by atoms with Crippen molar-refractivity contribution in [2.45, 2.75) is 45.6 Å². The Morgan fingerprint density at radius 2 is 1.89 bits per heavy atom. The summed E-state index contributed by atoms with van der Waals surface area (Å²) >= 11 is 0. The standard InChI is InChI=1S/C16H21NO2/c1-12(13-8-6-5-7-9-13)14(11-17)10-15(18)19-16(2,3)4/h5-9,12,14H,10H2,1-4H3/t12-,14-/m0/s1. The summed E-state index contributed by atoms with van der Waals surface area (Å²) in [6.45, 7) is 7.44. The number of carbonyl (C=O) groups is 1. The molecule has 0 N–H and O–H groups in total. The second-order valence-corrected chi connectivity index (χ2v) is 5.73. The molecular weight excluding hydrogens is 238 g/mol. The highest BCUT2D eigenvalue weighted by atomic mass is 16.6. The van der Waals surface area contributed by atoms with Gasteiger partial charge in [0, 0.05) is 0 Å². The van der Waals surface area contributed by atoms with Crippen LogP contribution in [0.3, 0.4) is 0 Å². The molecule has 1 aromatic rings. The van der Waals surface area contributed by atoms with Crippen LogP contribution in [-0.4, -0.2) is 11.6 Å². The first-order valence-corrected chi connectivity index (χ1v) is 6.50. The quantitative estimate of drug-likeness (QED) is 0.775. The molecular formula is C16H21NO2. The smallest absolute Gasteiger partial charge is 0.307 e. The Bertz CT molecular complexity index is 454. The summed E-state index contributed by atoms with van der Waals surface area (Å²) in [6.07, 6.45) is 0.129. The highest BCUT2D eigenvalue weighted by Crippen LogP contribution is 2.27. The van der Waals surface area contributed by atoms with Gasteiger partial charge < -0.3 is 4.74 Å². The molecule has 19 heavy (non-hydrogen) atoms. The van der Waals surface area contributed by atoms with E-state index in [1.54, 1.807) is 0 Å². The van der Waals surface area contributed by atoms with Crippen molar-refractivity contribution >= 4 is 5.97 Å². The van der Waals surface area contributed by atoms with E-state index in [-0.39, 0.29) is 24.2 Å². The van der Waals surface area contributed by atoms with Gasteiger partial charge in [0.05, 0.1) is 18.4 Å². The molecule has 2 atom stereocenters. The Morgan fingerprint density at radius 3 is 2.37 bits per heavy atom. The van der Waals surface area contributed by atoms with Gasteiger partial charge >= 0.3 is 5.97 Å². The summed E-state index contributed by atoms with van der Waals surface area (Å²) in [4.78, 5) is 11.8. The highest BCUT2D eigenvalue weighted by molar-refractivity contribution is 5.70. The summed E-state index contributed by atoms with van der Waals surface area (Å²) in [5.41, 5.74) is 0.560. The topological polar surface area (TPSA) is 50.1 Å². The molecule has 102 valence electrons. The molecule has 0 saturated carbocycles. The number of nitrogens with zero attached hydrogens (tertiary/aromatic N) is 1. The van der Waals surface area contributed by atoms with Crippen molar-refractivity contribution in [3.8, 4) is 6.07 Å². The van der Waals surface area contributed by atoms with Gasteiger partial charge in [0.1, 0.15) is 5.60 Å². The maximum absolute atomic E-state index is 11.8. The van der Waals surface area contributed by atoms with Crippen LogP contribution in [-0.2, 0) is 9.53 Å². The minimum Gasteiger partial charge on any atom is -0.460 e. The fourth-order valence-corrected chi connectivity index (χ4v) is 1.89. The average Bonchev–Trinajstić information content (AvgIpc) is 2.34. The number of esters is 1. The maximum atomic E-state index is 11.8. The lowest BCUT2D eigenvalue weighted by molar-refractivity contribution is -0.155. The van der Waals surface area contributed by atoms with Gasteiger partial charge in [0.2, 0.25) is 0 Å². The summed E-state index contributed by atoms with van der Waals surface area (Å²) in [7, 11) is 0. The van der Waals surface area contributed by atoms with Crippen molar-refractivity contribution in [1.82, 2.24) is 0 Å². The third-order valence-electron chi connectivity index (χ3n) is 2.90. The van der Waals surface area contributed by atoms with Crippen LogP contribution in [0.15, 0.2) is 30.3 Å². The lowest BCUT2D eigenvalue weighted by Gasteiger charge is -2.22. The molecule has 0 aromatic heterocycles. The molecule has 1 rings (SSSR count). The molecule has 1 aromatic carbocycles. The van der Waals surface area contributed by atoms with E-state index < -0.39 is 5.60 Å². The molecule has 0 saturated heterocycles. The highest BCUT2D eigenvalue weighted by Gasteiger charge is 2.25. The van der Waals surface area contributed by atoms with E-state index in [0.29, 0.717) is 0 Å². The van der Waals surface area contributed by atoms with Crippen molar-refractivity contribution < 1.29 is 9.53 Å². The van der Waals surface area contributed by atoms with Crippen molar-refractivity contribution in [3.05, 3.63) is 35.9 Å². The Kier molecular flexibility index (Phi) is 5.11. The summed E-state index contributed by atoms with van der Waals surface area (Å²) in [5, 5.41) is 9.25. The Labute approximate surface area is 115 Å². The van der Waals surface area contributed by atoms with Crippen LogP contribution in [0.2, 0.25) is 0 Å². The van der Waals surface area contributed by atoms with Crippen LogP contribution in [0.25, 0.3) is 0 Å². The van der Waals surface area contributed by atoms with Crippen LogP contribution in [0.1, 0.15) is 45.6 Å². The number of hydrogen-bond donors (Lipinski definition) is 0. The first kappa shape index (κ1) is 15.2. The van der Waals surface area contributed by atoms with Crippen LogP contribution in [0.4, 0.5) is 0 Å². The first-order valence-electron chi connectivity index (χ1n) is 6.50. The van der Waals surface area contributed by atoms with Gasteiger partial charge in [-0.15, -0.1) is 0 Å². The van der Waals surface area contributed by atoms with Gasteiger partial charge in [-0.25, -0.2) is 0 Å². The monoisotopic (exact) mass is 259 g/mol. The van der Waals surface area contributed by atoms with Gasteiger partial charge in [-0.1, -0.05) is 37.3 Å². The van der Waals surface area contributed by atoms with Crippen LogP contribution in [0.5, 0.6) is 0 Å². The van der Waals surface area contributed by atoms with E-state index in [4.69, 9.17) is 4.74 Å². The number of ether oxygens (including phenoxy) is 1. The Morgan fingerprint density at radius 1 is 1.32 bits per heavy atom. The van der Waals surface area contributed by atoms with E-state index in [1.807, 2.05) is 58.0 Å². The Balaban J connectivity index is 2.69. The third kappa shape index (κ3) is 5.13. The van der Waals surface area contributed by atoms with Crippen LogP contribution >= 0.6 is 0 Å². The second kappa shape index (κ2) is 6.38. The van der Waals surface area contributed by atoms with Gasteiger partial charge in [-0.3, -0.25) is 4.79 Å². The fraction of sp³-hybridized carbons (Fsp3) is 0.500. The van der Waals surface area contributed by atoms with E-state index >= 15 is 0 Å². The molecule has 0 spiro atoms. The molecule has 0 amide bonds. The van der Waals surface area contributed by atoms with Gasteiger partial charge in [-0.2, -0.15) is 5.26 Å². The minimum absolute atomic E-state index is 0.0127. The van der Waals surface area contributed by atoms with Gasteiger partial charge in [0.25, 0.3) is 0 Å². The molecule has 0 radical (unpaired) electrons. The zero-order valence-corrected chi connectivity index (χ0v) is 12.0. The molecule has 0 bridgehead atoms. The van der Waals surface area contributed by atoms with Crippen LogP contribution < -0.4 is 0 Å². The summed E-state index contributed by atoms with van der Waals surface area (Å²) in [6, 6.07) is 12.0. The number of rotatable bonds is 4. The average molecular weight is 259 g/mol. The fourth-order valence-electron chi connectivity index (χ4n) is 1.89. The van der Waals surface area contributed by atoms with E-state index in [9.17, 15) is 10.1 Å². The summed E-state index contributed by atoms with van der Waals surface area (Å²) in [5.74, 6) is -0.669. The van der Waals surface area contributed by atoms with Crippen molar-refractivity contribution in [2.24, 2.45) is 5.92 Å². The van der Waals surface area contributed by atoms with E-state index in [1.165, 1.54) is 0 Å². The zero-order valence-electron chi connectivity index (χ0n) is 12.0. The molecule has 0 aliphatic heterocycles. The van der Waals surface area contributed by atoms with E-state index in [2.05, 4.69) is 6.07 Å². The SMILES string of the molecule is C[C@@H](c1ccccc1)[C@H](C#N)CC(=O)OC(C)(C)C. The van der Waals surface area contributed by atoms with Crippen molar-refractivity contribution in [2.75, 3.05) is 0 Å². The lowest BCUT2D eigenvalue weighted by Crippen LogP contribution is -2.26. The molecule has 0 aliphatic carbocycles. The number of nitriles is 1. The molecule has 3 nitrogen and oxygen atoms in total. The predicted molar refractivity (Wildman–Crippen MR) is 74.4 cm³/mol. The number of benzene rings is 1. The minimum atomic E-state index is -0.507. The molecule has 0 heterocycles. The normalized spacial score (nSPS) is 14.3. The van der Waals surface area contributed by atoms with Crippen molar-refractivity contribution in [1.29, 1.82) is 5.26 Å². The van der Waals surface area contributed by atoms with Gasteiger partial charge in [-0.05, 0) is 32.3 Å². The third-order valence-corrected chi connectivity index (χ3v) is 2.90. The first-order chi connectivity index (χ1) is 8.83. The molecule has 0 unspecified atom stereocenters. The van der Waals surface area contributed by atoms with Crippen LogP contribution in [0, 0.1) is 17.2 Å². The number of carbonyl (C=O) groups excluding carboxylic acids is 1. The van der Waals surface area contributed by atoms with Crippen molar-refractivity contribution in [3.63, 3.8) is 0 Å². The number of hydrogen-bond acceptors (Lipinski definition) is 3. The van der Waals surface area contributed by atoms with Gasteiger partial charge in [0.15, 0.2) is 0 Å². The second-order valence-electron chi connectivity index (χ2n) is 5.73.